The van der Waals surface area contributed by atoms with Crippen molar-refractivity contribution in [3.8, 4) is 0 Å². The SMILES string of the molecule is CN1C[C@@H]2CN(c3cc(NCCC(C)(C)C)ncn3)C[C@@H]2C1. The average Bonchev–Trinajstić information content (AvgIpc) is 2.94. The molecule has 1 aromatic rings. The van der Waals surface area contributed by atoms with E-state index >= 15 is 0 Å². The first-order valence-electron chi connectivity index (χ1n) is 8.40. The van der Waals surface area contributed by atoms with E-state index in [9.17, 15) is 0 Å². The number of fused-ring (bicyclic) bond motifs is 1. The molecular formula is C17H29N5. The Morgan fingerprint density at radius 2 is 1.82 bits per heavy atom. The molecular weight excluding hydrogens is 274 g/mol. The second-order valence-electron chi connectivity index (χ2n) is 8.15. The molecule has 2 aliphatic heterocycles. The number of hydrogen-bond donors (Lipinski definition) is 1. The lowest BCUT2D eigenvalue weighted by molar-refractivity contribution is 0.387. The van der Waals surface area contributed by atoms with Crippen LogP contribution in [0.3, 0.4) is 0 Å². The fraction of sp³-hybridized carbons (Fsp3) is 0.765. The highest BCUT2D eigenvalue weighted by Crippen LogP contribution is 2.32. The molecule has 5 nitrogen and oxygen atoms in total. The van der Waals surface area contributed by atoms with Gasteiger partial charge in [0.2, 0.25) is 0 Å². The molecule has 3 rings (SSSR count). The van der Waals surface area contributed by atoms with E-state index in [0.717, 1.165) is 49.5 Å². The van der Waals surface area contributed by atoms with E-state index in [1.807, 2.05) is 0 Å². The highest BCUT2D eigenvalue weighted by atomic mass is 15.3. The van der Waals surface area contributed by atoms with Crippen LogP contribution < -0.4 is 10.2 Å². The van der Waals surface area contributed by atoms with Crippen LogP contribution in [0.25, 0.3) is 0 Å². The smallest absolute Gasteiger partial charge is 0.134 e. The maximum Gasteiger partial charge on any atom is 0.134 e. The molecule has 22 heavy (non-hydrogen) atoms. The average molecular weight is 303 g/mol. The molecule has 2 fully saturated rings. The van der Waals surface area contributed by atoms with Crippen molar-refractivity contribution in [2.24, 2.45) is 17.3 Å². The first-order valence-corrected chi connectivity index (χ1v) is 8.40. The van der Waals surface area contributed by atoms with Crippen LogP contribution in [0, 0.1) is 17.3 Å². The number of anilines is 2. The Balaban J connectivity index is 1.58. The molecule has 0 amide bonds. The van der Waals surface area contributed by atoms with Gasteiger partial charge in [0, 0.05) is 38.8 Å². The number of rotatable bonds is 4. The van der Waals surface area contributed by atoms with Crippen molar-refractivity contribution in [1.82, 2.24) is 14.9 Å². The summed E-state index contributed by atoms with van der Waals surface area (Å²) in [5.41, 5.74) is 0.348. The summed E-state index contributed by atoms with van der Waals surface area (Å²) in [5, 5.41) is 3.44. The summed E-state index contributed by atoms with van der Waals surface area (Å²) in [7, 11) is 2.23. The van der Waals surface area contributed by atoms with E-state index in [1.165, 1.54) is 13.1 Å². The zero-order chi connectivity index (χ0) is 15.7. The van der Waals surface area contributed by atoms with Gasteiger partial charge in [0.25, 0.3) is 0 Å². The maximum atomic E-state index is 4.49. The van der Waals surface area contributed by atoms with Gasteiger partial charge in [-0.2, -0.15) is 0 Å². The van der Waals surface area contributed by atoms with E-state index in [-0.39, 0.29) is 0 Å². The highest BCUT2D eigenvalue weighted by Gasteiger charge is 2.39. The van der Waals surface area contributed by atoms with Crippen molar-refractivity contribution in [3.63, 3.8) is 0 Å². The minimum Gasteiger partial charge on any atom is -0.370 e. The third kappa shape index (κ3) is 3.69. The van der Waals surface area contributed by atoms with Crippen LogP contribution in [0.5, 0.6) is 0 Å². The van der Waals surface area contributed by atoms with Gasteiger partial charge in [-0.1, -0.05) is 20.8 Å². The topological polar surface area (TPSA) is 44.3 Å². The van der Waals surface area contributed by atoms with E-state index < -0.39 is 0 Å². The second kappa shape index (κ2) is 6.03. The second-order valence-corrected chi connectivity index (χ2v) is 8.15. The Hall–Kier alpha value is -1.36. The van der Waals surface area contributed by atoms with E-state index in [4.69, 9.17) is 0 Å². The van der Waals surface area contributed by atoms with Gasteiger partial charge >= 0.3 is 0 Å². The van der Waals surface area contributed by atoms with Crippen LogP contribution in [0.4, 0.5) is 11.6 Å². The molecule has 3 heterocycles. The van der Waals surface area contributed by atoms with Crippen molar-refractivity contribution in [3.05, 3.63) is 12.4 Å². The molecule has 0 saturated carbocycles. The lowest BCUT2D eigenvalue weighted by Gasteiger charge is -2.21. The summed E-state index contributed by atoms with van der Waals surface area (Å²) in [6, 6.07) is 2.10. The summed E-state index contributed by atoms with van der Waals surface area (Å²) in [5.74, 6) is 3.63. The van der Waals surface area contributed by atoms with Crippen molar-refractivity contribution < 1.29 is 0 Å². The van der Waals surface area contributed by atoms with Crippen LogP contribution in [0.15, 0.2) is 12.4 Å². The fourth-order valence-electron chi connectivity index (χ4n) is 3.60. The van der Waals surface area contributed by atoms with Crippen molar-refractivity contribution in [2.75, 3.05) is 50.0 Å². The van der Waals surface area contributed by atoms with Crippen molar-refractivity contribution >= 4 is 11.6 Å². The van der Waals surface area contributed by atoms with Crippen LogP contribution in [-0.2, 0) is 0 Å². The normalized spacial score (nSPS) is 25.5. The first-order chi connectivity index (χ1) is 10.4. The fourth-order valence-corrected chi connectivity index (χ4v) is 3.60. The minimum absolute atomic E-state index is 0.348. The van der Waals surface area contributed by atoms with Crippen LogP contribution >= 0.6 is 0 Å². The van der Waals surface area contributed by atoms with Gasteiger partial charge in [0.15, 0.2) is 0 Å². The molecule has 0 radical (unpaired) electrons. The number of aromatic nitrogens is 2. The molecule has 122 valence electrons. The summed E-state index contributed by atoms with van der Waals surface area (Å²) in [6.45, 7) is 12.5. The number of likely N-dealkylation sites (tertiary alicyclic amines) is 1. The number of hydrogen-bond acceptors (Lipinski definition) is 5. The van der Waals surface area contributed by atoms with Gasteiger partial charge in [-0.25, -0.2) is 9.97 Å². The van der Waals surface area contributed by atoms with Crippen LogP contribution in [0.1, 0.15) is 27.2 Å². The van der Waals surface area contributed by atoms with Gasteiger partial charge in [0.05, 0.1) is 0 Å². The minimum atomic E-state index is 0.348. The Morgan fingerprint density at radius 1 is 1.14 bits per heavy atom. The monoisotopic (exact) mass is 303 g/mol. The zero-order valence-corrected chi connectivity index (χ0v) is 14.3. The standard InChI is InChI=1S/C17H29N5/c1-17(2,3)5-6-18-15-7-16(20-12-19-15)22-10-13-8-21(4)9-14(13)11-22/h7,12-14H,5-6,8-11H2,1-4H3,(H,18,19,20)/t13-,14+. The zero-order valence-electron chi connectivity index (χ0n) is 14.3. The van der Waals surface area contributed by atoms with Crippen molar-refractivity contribution in [1.29, 1.82) is 0 Å². The summed E-state index contributed by atoms with van der Waals surface area (Å²) in [6.07, 6.45) is 2.82. The largest absolute Gasteiger partial charge is 0.370 e. The Kier molecular flexibility index (Phi) is 4.26. The van der Waals surface area contributed by atoms with Gasteiger partial charge < -0.3 is 15.1 Å². The van der Waals surface area contributed by atoms with Crippen molar-refractivity contribution in [2.45, 2.75) is 27.2 Å². The molecule has 0 aliphatic carbocycles. The lowest BCUT2D eigenvalue weighted by atomic mass is 9.92. The Labute approximate surface area is 134 Å². The summed E-state index contributed by atoms with van der Waals surface area (Å²) < 4.78 is 0. The van der Waals surface area contributed by atoms with Gasteiger partial charge in [0.1, 0.15) is 18.0 Å². The lowest BCUT2D eigenvalue weighted by Crippen LogP contribution is -2.27. The molecule has 0 bridgehead atoms. The summed E-state index contributed by atoms with van der Waals surface area (Å²) >= 11 is 0. The van der Waals surface area contributed by atoms with Crippen LogP contribution in [-0.4, -0.2) is 54.6 Å². The Bertz CT molecular complexity index is 496. The molecule has 0 unspecified atom stereocenters. The third-order valence-electron chi connectivity index (χ3n) is 4.83. The Morgan fingerprint density at radius 3 is 2.45 bits per heavy atom. The molecule has 0 aromatic carbocycles. The quantitative estimate of drug-likeness (QED) is 0.925. The van der Waals surface area contributed by atoms with Gasteiger partial charge in [-0.05, 0) is 30.7 Å². The van der Waals surface area contributed by atoms with Gasteiger partial charge in [-0.3, -0.25) is 0 Å². The molecule has 1 N–H and O–H groups in total. The van der Waals surface area contributed by atoms with Crippen LogP contribution in [0.2, 0.25) is 0 Å². The molecule has 2 aliphatic rings. The van der Waals surface area contributed by atoms with E-state index in [0.29, 0.717) is 5.41 Å². The molecule has 2 saturated heterocycles. The van der Waals surface area contributed by atoms with E-state index in [1.54, 1.807) is 6.33 Å². The molecule has 1 aromatic heterocycles. The van der Waals surface area contributed by atoms with Gasteiger partial charge in [-0.15, -0.1) is 0 Å². The van der Waals surface area contributed by atoms with E-state index in [2.05, 4.69) is 59.0 Å². The molecule has 2 atom stereocenters. The number of nitrogens with zero attached hydrogens (tertiary/aromatic N) is 4. The highest BCUT2D eigenvalue weighted by molar-refractivity contribution is 5.49. The third-order valence-corrected chi connectivity index (χ3v) is 4.83. The first kappa shape index (κ1) is 15.5. The predicted molar refractivity (Wildman–Crippen MR) is 91.3 cm³/mol. The molecule has 0 spiro atoms. The summed E-state index contributed by atoms with van der Waals surface area (Å²) in [4.78, 5) is 13.7. The molecule has 5 heteroatoms. The number of nitrogens with one attached hydrogen (secondary N) is 1. The predicted octanol–water partition coefficient (Wildman–Crippen LogP) is 2.32. The maximum absolute atomic E-state index is 4.49.